The lowest BCUT2D eigenvalue weighted by Gasteiger charge is -2.38. The molecule has 1 atom stereocenters. The normalized spacial score (nSPS) is 29.6. The molecule has 0 spiro atoms. The first kappa shape index (κ1) is 13.3. The summed E-state index contributed by atoms with van der Waals surface area (Å²) >= 11 is 0. The maximum atomic E-state index is 12.3. The number of amides is 1. The van der Waals surface area contributed by atoms with Crippen LogP contribution in [0, 0.1) is 10.8 Å². The molecule has 1 saturated heterocycles. The number of rotatable bonds is 5. The lowest BCUT2D eigenvalue weighted by Crippen LogP contribution is -2.51. The smallest absolute Gasteiger partial charge is 0.311 e. The van der Waals surface area contributed by atoms with Gasteiger partial charge in [0.05, 0.1) is 10.8 Å². The third kappa shape index (κ3) is 2.11. The van der Waals surface area contributed by atoms with Gasteiger partial charge in [-0.25, -0.2) is 0 Å². The molecule has 2 rings (SSSR count). The fraction of sp³-hybridized carbons (Fsp3) is 0.846. The number of carboxylic acids is 1. The van der Waals surface area contributed by atoms with Gasteiger partial charge in [-0.3, -0.25) is 9.59 Å². The lowest BCUT2D eigenvalue weighted by molar-refractivity contribution is -0.154. The minimum atomic E-state index is -0.774. The summed E-state index contributed by atoms with van der Waals surface area (Å²) in [6, 6.07) is 0. The average Bonchev–Trinajstić information content (AvgIpc) is 2.76. The van der Waals surface area contributed by atoms with E-state index in [0.29, 0.717) is 19.4 Å². The average molecular weight is 254 g/mol. The molecule has 0 aromatic rings. The quantitative estimate of drug-likeness (QED) is 0.676. The van der Waals surface area contributed by atoms with Crippen molar-refractivity contribution >= 4 is 11.9 Å². The van der Waals surface area contributed by atoms with E-state index < -0.39 is 11.4 Å². The van der Waals surface area contributed by atoms with E-state index >= 15 is 0 Å². The molecule has 0 radical (unpaired) electrons. The van der Waals surface area contributed by atoms with Gasteiger partial charge in [0.25, 0.3) is 0 Å². The van der Waals surface area contributed by atoms with E-state index in [1.807, 2.05) is 6.92 Å². The number of hydrogen-bond donors (Lipinski definition) is 3. The van der Waals surface area contributed by atoms with Crippen LogP contribution in [0.15, 0.2) is 0 Å². The van der Waals surface area contributed by atoms with Crippen LogP contribution in [0.25, 0.3) is 0 Å². The minimum absolute atomic E-state index is 0.0162. The highest BCUT2D eigenvalue weighted by Gasteiger charge is 2.46. The molecule has 1 amide bonds. The first-order chi connectivity index (χ1) is 8.55. The maximum absolute atomic E-state index is 12.3. The van der Waals surface area contributed by atoms with Crippen LogP contribution in [0.2, 0.25) is 0 Å². The Morgan fingerprint density at radius 1 is 1.28 bits per heavy atom. The van der Waals surface area contributed by atoms with Crippen molar-refractivity contribution in [1.82, 2.24) is 10.6 Å². The summed E-state index contributed by atoms with van der Waals surface area (Å²) in [7, 11) is 0. The summed E-state index contributed by atoms with van der Waals surface area (Å²) in [6.07, 6.45) is 3.95. The zero-order valence-electron chi connectivity index (χ0n) is 10.9. The molecular weight excluding hydrogens is 232 g/mol. The summed E-state index contributed by atoms with van der Waals surface area (Å²) < 4.78 is 0. The molecule has 1 aliphatic heterocycles. The number of hydrogen-bond acceptors (Lipinski definition) is 3. The van der Waals surface area contributed by atoms with Gasteiger partial charge in [0.15, 0.2) is 0 Å². The van der Waals surface area contributed by atoms with Crippen LogP contribution in [0.3, 0.4) is 0 Å². The van der Waals surface area contributed by atoms with Gasteiger partial charge in [0.2, 0.25) is 5.91 Å². The summed E-state index contributed by atoms with van der Waals surface area (Å²) in [5.41, 5.74) is -1.03. The Morgan fingerprint density at radius 2 is 2.00 bits per heavy atom. The number of nitrogens with one attached hydrogen (secondary N) is 2. The molecular formula is C13H22N2O3. The fourth-order valence-electron chi connectivity index (χ4n) is 2.91. The zero-order valence-corrected chi connectivity index (χ0v) is 10.9. The predicted octanol–water partition coefficient (Wildman–Crippen LogP) is 0.747. The highest BCUT2D eigenvalue weighted by molar-refractivity contribution is 5.84. The standard InChI is InChI=1S/C13H22N2O3/c1-2-12(6-7-14-8-12)10(16)15-9-13(11(17)18)4-3-5-13/h14H,2-9H2,1H3,(H,15,16)(H,17,18). The maximum Gasteiger partial charge on any atom is 0.311 e. The number of carbonyl (C=O) groups excluding carboxylic acids is 1. The van der Waals surface area contributed by atoms with Crippen LogP contribution in [-0.4, -0.2) is 36.6 Å². The third-order valence-corrected chi connectivity index (χ3v) is 4.75. The van der Waals surface area contributed by atoms with Crippen LogP contribution in [0.5, 0.6) is 0 Å². The van der Waals surface area contributed by atoms with Crippen molar-refractivity contribution in [2.45, 2.75) is 39.0 Å². The van der Waals surface area contributed by atoms with E-state index in [1.54, 1.807) is 0 Å². The Labute approximate surface area is 107 Å². The van der Waals surface area contributed by atoms with E-state index in [9.17, 15) is 14.7 Å². The monoisotopic (exact) mass is 254 g/mol. The highest BCUT2D eigenvalue weighted by atomic mass is 16.4. The van der Waals surface area contributed by atoms with E-state index in [-0.39, 0.29) is 17.9 Å². The molecule has 2 aliphatic rings. The van der Waals surface area contributed by atoms with Crippen molar-refractivity contribution in [3.63, 3.8) is 0 Å². The zero-order chi connectivity index (χ0) is 13.2. The highest BCUT2D eigenvalue weighted by Crippen LogP contribution is 2.41. The minimum Gasteiger partial charge on any atom is -0.481 e. The molecule has 1 saturated carbocycles. The predicted molar refractivity (Wildman–Crippen MR) is 67.1 cm³/mol. The van der Waals surface area contributed by atoms with Crippen molar-refractivity contribution in [3.05, 3.63) is 0 Å². The summed E-state index contributed by atoms with van der Waals surface area (Å²) in [5, 5.41) is 15.3. The molecule has 3 N–H and O–H groups in total. The number of carbonyl (C=O) groups is 2. The van der Waals surface area contributed by atoms with Crippen LogP contribution < -0.4 is 10.6 Å². The topological polar surface area (TPSA) is 78.4 Å². The fourth-order valence-corrected chi connectivity index (χ4v) is 2.91. The Kier molecular flexibility index (Phi) is 3.61. The third-order valence-electron chi connectivity index (χ3n) is 4.75. The Balaban J connectivity index is 1.93. The molecule has 2 fully saturated rings. The molecule has 1 heterocycles. The summed E-state index contributed by atoms with van der Waals surface area (Å²) in [5.74, 6) is -0.758. The van der Waals surface area contributed by atoms with Gasteiger partial charge >= 0.3 is 5.97 Å². The van der Waals surface area contributed by atoms with E-state index in [2.05, 4.69) is 10.6 Å². The number of aliphatic carboxylic acids is 1. The summed E-state index contributed by atoms with van der Waals surface area (Å²) in [6.45, 7) is 3.87. The van der Waals surface area contributed by atoms with Gasteiger partial charge in [-0.15, -0.1) is 0 Å². The molecule has 0 aromatic heterocycles. The van der Waals surface area contributed by atoms with E-state index in [0.717, 1.165) is 25.8 Å². The first-order valence-electron chi connectivity index (χ1n) is 6.77. The van der Waals surface area contributed by atoms with Gasteiger partial charge in [-0.1, -0.05) is 13.3 Å². The second-order valence-electron chi connectivity index (χ2n) is 5.68. The molecule has 5 nitrogen and oxygen atoms in total. The van der Waals surface area contributed by atoms with Gasteiger partial charge < -0.3 is 15.7 Å². The second kappa shape index (κ2) is 4.88. The van der Waals surface area contributed by atoms with E-state index in [1.165, 1.54) is 0 Å². The van der Waals surface area contributed by atoms with Gasteiger partial charge in [-0.05, 0) is 32.2 Å². The number of carboxylic acid groups (broad SMARTS) is 1. The van der Waals surface area contributed by atoms with Crippen molar-refractivity contribution in [1.29, 1.82) is 0 Å². The molecule has 102 valence electrons. The van der Waals surface area contributed by atoms with Gasteiger partial charge in [0, 0.05) is 13.1 Å². The first-order valence-corrected chi connectivity index (χ1v) is 6.77. The molecule has 0 bridgehead atoms. The van der Waals surface area contributed by atoms with Crippen LogP contribution in [0.1, 0.15) is 39.0 Å². The Morgan fingerprint density at radius 3 is 2.39 bits per heavy atom. The van der Waals surface area contributed by atoms with Gasteiger partial charge in [-0.2, -0.15) is 0 Å². The SMILES string of the molecule is CCC1(C(=O)NCC2(C(=O)O)CCC2)CCNC1. The van der Waals surface area contributed by atoms with Crippen molar-refractivity contribution in [2.75, 3.05) is 19.6 Å². The molecule has 18 heavy (non-hydrogen) atoms. The van der Waals surface area contributed by atoms with Gasteiger partial charge in [0.1, 0.15) is 0 Å². The Hall–Kier alpha value is -1.10. The van der Waals surface area contributed by atoms with Crippen LogP contribution >= 0.6 is 0 Å². The Bertz CT molecular complexity index is 344. The van der Waals surface area contributed by atoms with Crippen LogP contribution in [-0.2, 0) is 9.59 Å². The van der Waals surface area contributed by atoms with E-state index in [4.69, 9.17) is 0 Å². The molecule has 5 heteroatoms. The summed E-state index contributed by atoms with van der Waals surface area (Å²) in [4.78, 5) is 23.5. The molecule has 1 unspecified atom stereocenters. The molecule has 0 aromatic carbocycles. The van der Waals surface area contributed by atoms with Crippen LogP contribution in [0.4, 0.5) is 0 Å². The molecule has 1 aliphatic carbocycles. The lowest BCUT2D eigenvalue weighted by atomic mass is 9.68. The van der Waals surface area contributed by atoms with Crippen molar-refractivity contribution < 1.29 is 14.7 Å². The second-order valence-corrected chi connectivity index (χ2v) is 5.68. The largest absolute Gasteiger partial charge is 0.481 e. The van der Waals surface area contributed by atoms with Crippen molar-refractivity contribution in [2.24, 2.45) is 10.8 Å². The van der Waals surface area contributed by atoms with Crippen molar-refractivity contribution in [3.8, 4) is 0 Å².